The topological polar surface area (TPSA) is 57.6 Å². The van der Waals surface area contributed by atoms with E-state index < -0.39 is 0 Å². The van der Waals surface area contributed by atoms with Crippen LogP contribution in [0.2, 0.25) is 0 Å². The molecule has 0 spiro atoms. The van der Waals surface area contributed by atoms with E-state index in [1.54, 1.807) is 28.6 Å². The number of hydrogen-bond acceptors (Lipinski definition) is 3. The van der Waals surface area contributed by atoms with Crippen molar-refractivity contribution in [1.82, 2.24) is 23.9 Å². The molecule has 2 rings (SSSR count). The molecule has 92 valence electrons. The molecule has 6 nitrogen and oxygen atoms in total. The van der Waals surface area contributed by atoms with Crippen LogP contribution in [0.4, 0.5) is 0 Å². The van der Waals surface area contributed by atoms with Crippen LogP contribution in [0.3, 0.4) is 0 Å². The van der Waals surface area contributed by atoms with E-state index in [9.17, 15) is 4.79 Å². The van der Waals surface area contributed by atoms with Gasteiger partial charge in [0.25, 0.3) is 0 Å². The minimum atomic E-state index is -0.0379. The van der Waals surface area contributed by atoms with E-state index in [4.69, 9.17) is 0 Å². The molecule has 0 radical (unpaired) electrons. The monoisotopic (exact) mass is 235 g/mol. The maximum Gasteiger partial charge on any atom is 0.328 e. The van der Waals surface area contributed by atoms with Crippen LogP contribution in [0, 0.1) is 5.92 Å². The van der Waals surface area contributed by atoms with E-state index in [0.717, 1.165) is 12.4 Å². The average molecular weight is 235 g/mol. The van der Waals surface area contributed by atoms with Gasteiger partial charge >= 0.3 is 5.69 Å². The summed E-state index contributed by atoms with van der Waals surface area (Å²) in [5, 5.41) is 4.17. The van der Waals surface area contributed by atoms with Gasteiger partial charge in [0, 0.05) is 26.0 Å². The van der Waals surface area contributed by atoms with Gasteiger partial charge in [0.1, 0.15) is 12.2 Å². The Morgan fingerprint density at radius 2 is 2.12 bits per heavy atom. The molecule has 0 saturated carbocycles. The third-order valence-electron chi connectivity index (χ3n) is 2.56. The Morgan fingerprint density at radius 3 is 2.71 bits per heavy atom. The molecule has 0 aliphatic heterocycles. The van der Waals surface area contributed by atoms with E-state index in [2.05, 4.69) is 23.9 Å². The average Bonchev–Trinajstić information content (AvgIpc) is 2.80. The van der Waals surface area contributed by atoms with Crippen molar-refractivity contribution >= 4 is 0 Å². The molecular weight excluding hydrogens is 218 g/mol. The van der Waals surface area contributed by atoms with Crippen molar-refractivity contribution in [2.75, 3.05) is 0 Å². The fourth-order valence-electron chi connectivity index (χ4n) is 1.69. The highest BCUT2D eigenvalue weighted by Gasteiger charge is 2.08. The molecule has 0 aliphatic carbocycles. The lowest BCUT2D eigenvalue weighted by Gasteiger charge is -2.08. The Balaban J connectivity index is 2.22. The summed E-state index contributed by atoms with van der Waals surface area (Å²) in [6, 6.07) is 0. The van der Waals surface area contributed by atoms with Gasteiger partial charge in [-0.05, 0) is 5.92 Å². The van der Waals surface area contributed by atoms with Crippen molar-refractivity contribution in [3.05, 3.63) is 35.0 Å². The smallest absolute Gasteiger partial charge is 0.302 e. The van der Waals surface area contributed by atoms with Crippen LogP contribution in [0.15, 0.2) is 23.5 Å². The second-order valence-corrected chi connectivity index (χ2v) is 4.57. The SMILES string of the molecule is CC(C)Cn1ncnc1Cn1ccn(C)c1=O. The number of hydrogen-bond donors (Lipinski definition) is 0. The van der Waals surface area contributed by atoms with Gasteiger partial charge in [-0.25, -0.2) is 14.5 Å². The summed E-state index contributed by atoms with van der Waals surface area (Å²) in [7, 11) is 1.73. The lowest BCUT2D eigenvalue weighted by atomic mass is 10.2. The van der Waals surface area contributed by atoms with Crippen LogP contribution in [-0.4, -0.2) is 23.9 Å². The number of imidazole rings is 1. The highest BCUT2D eigenvalue weighted by Crippen LogP contribution is 2.02. The van der Waals surface area contributed by atoms with Crippen molar-refractivity contribution in [1.29, 1.82) is 0 Å². The zero-order valence-corrected chi connectivity index (χ0v) is 10.4. The third kappa shape index (κ3) is 2.46. The summed E-state index contributed by atoms with van der Waals surface area (Å²) in [4.78, 5) is 15.9. The van der Waals surface area contributed by atoms with Gasteiger partial charge < -0.3 is 4.57 Å². The first-order valence-electron chi connectivity index (χ1n) is 5.66. The van der Waals surface area contributed by atoms with Gasteiger partial charge in [-0.3, -0.25) is 4.57 Å². The normalized spacial score (nSPS) is 11.3. The molecule has 0 N–H and O–H groups in total. The number of aromatic nitrogens is 5. The van der Waals surface area contributed by atoms with Crippen LogP contribution < -0.4 is 5.69 Å². The van der Waals surface area contributed by atoms with Crippen molar-refractivity contribution in [2.24, 2.45) is 13.0 Å². The lowest BCUT2D eigenvalue weighted by Crippen LogP contribution is -2.24. The number of aryl methyl sites for hydroxylation is 1. The Hall–Kier alpha value is -1.85. The molecule has 2 aromatic heterocycles. The molecule has 17 heavy (non-hydrogen) atoms. The number of nitrogens with zero attached hydrogens (tertiary/aromatic N) is 5. The fraction of sp³-hybridized carbons (Fsp3) is 0.545. The highest BCUT2D eigenvalue weighted by atomic mass is 16.1. The van der Waals surface area contributed by atoms with Gasteiger partial charge in [0.2, 0.25) is 0 Å². The summed E-state index contributed by atoms with van der Waals surface area (Å²) < 4.78 is 5.02. The molecule has 0 aromatic carbocycles. The molecule has 0 unspecified atom stereocenters. The van der Waals surface area contributed by atoms with Gasteiger partial charge in [0.15, 0.2) is 0 Å². The van der Waals surface area contributed by atoms with Crippen molar-refractivity contribution in [3.63, 3.8) is 0 Å². The van der Waals surface area contributed by atoms with Crippen LogP contribution >= 0.6 is 0 Å². The first kappa shape index (κ1) is 11.6. The molecule has 0 bridgehead atoms. The molecule has 0 amide bonds. The highest BCUT2D eigenvalue weighted by molar-refractivity contribution is 4.90. The van der Waals surface area contributed by atoms with E-state index >= 15 is 0 Å². The Morgan fingerprint density at radius 1 is 1.35 bits per heavy atom. The first-order chi connectivity index (χ1) is 8.08. The van der Waals surface area contributed by atoms with E-state index in [1.807, 2.05) is 4.68 Å². The summed E-state index contributed by atoms with van der Waals surface area (Å²) in [6.07, 6.45) is 5.04. The first-order valence-corrected chi connectivity index (χ1v) is 5.66. The van der Waals surface area contributed by atoms with E-state index in [0.29, 0.717) is 12.5 Å². The van der Waals surface area contributed by atoms with Gasteiger partial charge in [-0.1, -0.05) is 13.8 Å². The van der Waals surface area contributed by atoms with E-state index in [-0.39, 0.29) is 5.69 Å². The molecule has 0 fully saturated rings. The van der Waals surface area contributed by atoms with Crippen LogP contribution in [0.5, 0.6) is 0 Å². The Labute approximate surface area is 99.5 Å². The minimum absolute atomic E-state index is 0.0379. The number of rotatable bonds is 4. The minimum Gasteiger partial charge on any atom is -0.302 e. The van der Waals surface area contributed by atoms with Gasteiger partial charge in [-0.2, -0.15) is 5.10 Å². The molecule has 6 heteroatoms. The summed E-state index contributed by atoms with van der Waals surface area (Å²) in [6.45, 7) is 5.53. The van der Waals surface area contributed by atoms with Crippen molar-refractivity contribution < 1.29 is 0 Å². The van der Waals surface area contributed by atoms with Crippen LogP contribution in [-0.2, 0) is 20.1 Å². The lowest BCUT2D eigenvalue weighted by molar-refractivity contribution is 0.459. The zero-order chi connectivity index (χ0) is 12.4. The quantitative estimate of drug-likeness (QED) is 0.774. The summed E-state index contributed by atoms with van der Waals surface area (Å²) in [5.74, 6) is 1.31. The second-order valence-electron chi connectivity index (χ2n) is 4.57. The van der Waals surface area contributed by atoms with Crippen molar-refractivity contribution in [2.45, 2.75) is 26.9 Å². The predicted octanol–water partition coefficient (Wildman–Crippen LogP) is 0.483. The maximum absolute atomic E-state index is 11.7. The van der Waals surface area contributed by atoms with E-state index in [1.165, 1.54) is 6.33 Å². The molecule has 0 aliphatic rings. The second kappa shape index (κ2) is 4.57. The maximum atomic E-state index is 11.7. The molecule has 0 atom stereocenters. The van der Waals surface area contributed by atoms with Crippen LogP contribution in [0.25, 0.3) is 0 Å². The van der Waals surface area contributed by atoms with Crippen molar-refractivity contribution in [3.8, 4) is 0 Å². The molecular formula is C11H17N5O. The molecule has 0 saturated heterocycles. The standard InChI is InChI=1S/C11H17N5O/c1-9(2)6-16-10(12-8-13-16)7-15-5-4-14(3)11(15)17/h4-5,8-9H,6-7H2,1-3H3. The summed E-state index contributed by atoms with van der Waals surface area (Å²) in [5.41, 5.74) is -0.0379. The molecule has 2 heterocycles. The van der Waals surface area contributed by atoms with Crippen LogP contribution in [0.1, 0.15) is 19.7 Å². The summed E-state index contributed by atoms with van der Waals surface area (Å²) >= 11 is 0. The Kier molecular flexibility index (Phi) is 3.12. The molecule has 2 aromatic rings. The predicted molar refractivity (Wildman–Crippen MR) is 63.6 cm³/mol. The fourth-order valence-corrected chi connectivity index (χ4v) is 1.69. The van der Waals surface area contributed by atoms with Gasteiger partial charge in [0.05, 0.1) is 6.54 Å². The Bertz CT molecular complexity index is 548. The van der Waals surface area contributed by atoms with Gasteiger partial charge in [-0.15, -0.1) is 0 Å². The largest absolute Gasteiger partial charge is 0.328 e. The third-order valence-corrected chi connectivity index (χ3v) is 2.56. The zero-order valence-electron chi connectivity index (χ0n) is 10.4.